The van der Waals surface area contributed by atoms with Crippen molar-refractivity contribution in [3.8, 4) is 0 Å². The molecule has 2 aliphatic rings. The molecule has 2 aromatic heterocycles. The molecule has 0 aromatic carbocycles. The second-order valence-corrected chi connectivity index (χ2v) is 7.67. The number of aromatic nitrogens is 2. The minimum absolute atomic E-state index is 0.807. The second kappa shape index (κ2) is 5.78. The van der Waals surface area contributed by atoms with Crippen molar-refractivity contribution in [1.29, 1.82) is 0 Å². The normalized spacial score (nSPS) is 22.1. The van der Waals surface area contributed by atoms with Gasteiger partial charge in [0.15, 0.2) is 0 Å². The molecule has 3 heterocycles. The lowest BCUT2D eigenvalue weighted by Crippen LogP contribution is -2.44. The summed E-state index contributed by atoms with van der Waals surface area (Å²) in [5, 5.41) is 4.81. The van der Waals surface area contributed by atoms with Crippen LogP contribution in [0, 0.1) is 5.92 Å². The Bertz CT molecular complexity index is 688. The van der Waals surface area contributed by atoms with Gasteiger partial charge in [0, 0.05) is 37.5 Å². The highest BCUT2D eigenvalue weighted by Gasteiger charge is 2.26. The lowest BCUT2D eigenvalue weighted by atomic mass is 9.89. The maximum Gasteiger partial charge on any atom is 0.141 e. The van der Waals surface area contributed by atoms with Gasteiger partial charge in [-0.1, -0.05) is 13.8 Å². The first-order valence-corrected chi connectivity index (χ1v) is 9.34. The predicted octanol–water partition coefficient (Wildman–Crippen LogP) is 2.79. The summed E-state index contributed by atoms with van der Waals surface area (Å²) in [5.74, 6) is 3.00. The van der Waals surface area contributed by atoms with Crippen molar-refractivity contribution >= 4 is 27.4 Å². The molecule has 5 heteroatoms. The van der Waals surface area contributed by atoms with Crippen LogP contribution in [0.5, 0.6) is 0 Å². The van der Waals surface area contributed by atoms with E-state index in [1.807, 2.05) is 11.3 Å². The van der Waals surface area contributed by atoms with Crippen LogP contribution in [0.25, 0.3) is 10.2 Å². The van der Waals surface area contributed by atoms with Crippen LogP contribution in [-0.2, 0) is 19.3 Å². The zero-order valence-corrected chi connectivity index (χ0v) is 14.3. The van der Waals surface area contributed by atoms with E-state index in [1.165, 1.54) is 35.3 Å². The van der Waals surface area contributed by atoms with Gasteiger partial charge in [0.25, 0.3) is 0 Å². The second-order valence-electron chi connectivity index (χ2n) is 6.59. The molecule has 1 atom stereocenters. The van der Waals surface area contributed by atoms with Crippen molar-refractivity contribution < 1.29 is 0 Å². The van der Waals surface area contributed by atoms with Gasteiger partial charge in [0.1, 0.15) is 16.5 Å². The number of nitrogens with one attached hydrogen (secondary N) is 1. The number of anilines is 1. The Labute approximate surface area is 136 Å². The van der Waals surface area contributed by atoms with Crippen LogP contribution in [0.3, 0.4) is 0 Å². The van der Waals surface area contributed by atoms with E-state index >= 15 is 0 Å². The lowest BCUT2D eigenvalue weighted by Gasteiger charge is -2.29. The summed E-state index contributed by atoms with van der Waals surface area (Å²) in [7, 11) is 0. The Balaban J connectivity index is 1.88. The number of fused-ring (bicyclic) bond motifs is 3. The Kier molecular flexibility index (Phi) is 3.78. The molecule has 0 radical (unpaired) electrons. The summed E-state index contributed by atoms with van der Waals surface area (Å²) in [4.78, 5) is 15.0. The first-order chi connectivity index (χ1) is 10.8. The van der Waals surface area contributed by atoms with E-state index in [2.05, 4.69) is 24.1 Å². The number of piperazine rings is 1. The largest absolute Gasteiger partial charge is 0.353 e. The van der Waals surface area contributed by atoms with E-state index in [0.29, 0.717) is 0 Å². The highest BCUT2D eigenvalue weighted by Crippen LogP contribution is 2.41. The van der Waals surface area contributed by atoms with Crippen LogP contribution >= 0.6 is 11.3 Å². The fraction of sp³-hybridized carbons (Fsp3) is 0.647. The highest BCUT2D eigenvalue weighted by molar-refractivity contribution is 7.19. The Morgan fingerprint density at radius 3 is 2.86 bits per heavy atom. The molecule has 0 spiro atoms. The van der Waals surface area contributed by atoms with Gasteiger partial charge in [-0.05, 0) is 30.7 Å². The topological polar surface area (TPSA) is 41.1 Å². The summed E-state index contributed by atoms with van der Waals surface area (Å²) in [5.41, 5.74) is 1.55. The van der Waals surface area contributed by atoms with Crippen molar-refractivity contribution in [2.45, 2.75) is 39.5 Å². The Hall–Kier alpha value is -1.20. The first-order valence-electron chi connectivity index (χ1n) is 8.53. The third-order valence-electron chi connectivity index (χ3n) is 4.92. The van der Waals surface area contributed by atoms with E-state index < -0.39 is 0 Å². The minimum atomic E-state index is 0.807. The molecule has 0 saturated carbocycles. The summed E-state index contributed by atoms with van der Waals surface area (Å²) < 4.78 is 0. The highest BCUT2D eigenvalue weighted by atomic mass is 32.1. The molecule has 1 N–H and O–H groups in total. The van der Waals surface area contributed by atoms with Crippen molar-refractivity contribution in [2.75, 3.05) is 31.1 Å². The predicted molar refractivity (Wildman–Crippen MR) is 93.1 cm³/mol. The zero-order valence-electron chi connectivity index (χ0n) is 13.5. The molecule has 0 bridgehead atoms. The SMILES string of the molecule is CCc1nc(N2CCNCC2)c2c3c(sc2n1)C[C@H](C)CC3. The van der Waals surface area contributed by atoms with Crippen LogP contribution in [0.2, 0.25) is 0 Å². The van der Waals surface area contributed by atoms with E-state index in [4.69, 9.17) is 9.97 Å². The smallest absolute Gasteiger partial charge is 0.141 e. The number of thiophene rings is 1. The summed E-state index contributed by atoms with van der Waals surface area (Å²) in [6.07, 6.45) is 4.63. The van der Waals surface area contributed by atoms with E-state index in [0.717, 1.165) is 44.3 Å². The third kappa shape index (κ3) is 2.40. The van der Waals surface area contributed by atoms with Gasteiger partial charge in [-0.3, -0.25) is 0 Å². The van der Waals surface area contributed by atoms with Gasteiger partial charge in [-0.15, -0.1) is 11.3 Å². The van der Waals surface area contributed by atoms with Crippen LogP contribution in [0.1, 0.15) is 36.5 Å². The quantitative estimate of drug-likeness (QED) is 0.925. The molecule has 0 unspecified atom stereocenters. The molecule has 4 nitrogen and oxygen atoms in total. The molecule has 118 valence electrons. The van der Waals surface area contributed by atoms with E-state index in [1.54, 1.807) is 10.4 Å². The minimum Gasteiger partial charge on any atom is -0.353 e. The average Bonchev–Trinajstić information content (AvgIpc) is 2.91. The molecule has 1 saturated heterocycles. The van der Waals surface area contributed by atoms with Crippen molar-refractivity contribution in [1.82, 2.24) is 15.3 Å². The van der Waals surface area contributed by atoms with Crippen molar-refractivity contribution in [3.05, 3.63) is 16.3 Å². The summed E-state index contributed by atoms with van der Waals surface area (Å²) in [6.45, 7) is 8.73. The fourth-order valence-corrected chi connectivity index (χ4v) is 5.03. The fourth-order valence-electron chi connectivity index (χ4n) is 3.63. The molecule has 0 amide bonds. The van der Waals surface area contributed by atoms with Crippen LogP contribution < -0.4 is 10.2 Å². The van der Waals surface area contributed by atoms with Crippen LogP contribution in [0.15, 0.2) is 0 Å². The molecule has 22 heavy (non-hydrogen) atoms. The standard InChI is InChI=1S/C17H24N4S/c1-3-14-19-16(21-8-6-18-7-9-21)15-12-5-4-11(2)10-13(12)22-17(15)20-14/h11,18H,3-10H2,1-2H3/t11-/m1/s1. The molecular weight excluding hydrogens is 292 g/mol. The maximum absolute atomic E-state index is 4.94. The van der Waals surface area contributed by atoms with Gasteiger partial charge in [-0.2, -0.15) is 0 Å². The van der Waals surface area contributed by atoms with Gasteiger partial charge in [0.2, 0.25) is 0 Å². The first kappa shape index (κ1) is 14.4. The molecule has 1 aliphatic heterocycles. The number of hydrogen-bond donors (Lipinski definition) is 1. The molecular formula is C17H24N4S. The maximum atomic E-state index is 4.94. The summed E-state index contributed by atoms with van der Waals surface area (Å²) >= 11 is 1.92. The Morgan fingerprint density at radius 1 is 1.27 bits per heavy atom. The third-order valence-corrected chi connectivity index (χ3v) is 6.06. The molecule has 2 aromatic rings. The van der Waals surface area contributed by atoms with Crippen molar-refractivity contribution in [3.63, 3.8) is 0 Å². The summed E-state index contributed by atoms with van der Waals surface area (Å²) in [6, 6.07) is 0. The molecule has 1 aliphatic carbocycles. The average molecular weight is 316 g/mol. The van der Waals surface area contributed by atoms with Gasteiger partial charge in [0.05, 0.1) is 5.39 Å². The lowest BCUT2D eigenvalue weighted by molar-refractivity contribution is 0.509. The zero-order chi connectivity index (χ0) is 15.1. The van der Waals surface area contributed by atoms with Gasteiger partial charge in [-0.25, -0.2) is 9.97 Å². The number of hydrogen-bond acceptors (Lipinski definition) is 5. The van der Waals surface area contributed by atoms with Gasteiger partial charge < -0.3 is 10.2 Å². The van der Waals surface area contributed by atoms with Crippen molar-refractivity contribution in [2.24, 2.45) is 5.92 Å². The van der Waals surface area contributed by atoms with E-state index in [9.17, 15) is 0 Å². The van der Waals surface area contributed by atoms with Crippen LogP contribution in [0.4, 0.5) is 5.82 Å². The number of aryl methyl sites for hydroxylation is 2. The molecule has 1 fully saturated rings. The number of rotatable bonds is 2. The molecule has 4 rings (SSSR count). The van der Waals surface area contributed by atoms with Crippen LogP contribution in [-0.4, -0.2) is 36.1 Å². The van der Waals surface area contributed by atoms with E-state index in [-0.39, 0.29) is 0 Å². The monoisotopic (exact) mass is 316 g/mol. The number of nitrogens with zero attached hydrogens (tertiary/aromatic N) is 3. The Morgan fingerprint density at radius 2 is 2.09 bits per heavy atom. The van der Waals surface area contributed by atoms with Gasteiger partial charge >= 0.3 is 0 Å².